The van der Waals surface area contributed by atoms with Crippen LogP contribution in [0.1, 0.15) is 31.9 Å². The summed E-state index contributed by atoms with van der Waals surface area (Å²) < 4.78 is 5.48. The van der Waals surface area contributed by atoms with E-state index in [1.165, 1.54) is 5.56 Å². The van der Waals surface area contributed by atoms with E-state index in [0.29, 0.717) is 18.8 Å². The molecule has 0 unspecified atom stereocenters. The third-order valence-corrected chi connectivity index (χ3v) is 4.83. The third-order valence-electron chi connectivity index (χ3n) is 3.81. The molecule has 1 aromatic carbocycles. The first-order valence-corrected chi connectivity index (χ1v) is 8.97. The van der Waals surface area contributed by atoms with Crippen molar-refractivity contribution >= 4 is 23.5 Å². The molecule has 7 heteroatoms. The summed E-state index contributed by atoms with van der Waals surface area (Å²) in [6.07, 6.45) is 5.51. The Bertz CT molecular complexity index is 775. The van der Waals surface area contributed by atoms with Crippen LogP contribution in [0.5, 0.6) is 0 Å². The number of hydrogen-bond donors (Lipinski definition) is 1. The average Bonchev–Trinajstić information content (AvgIpc) is 2.56. The third kappa shape index (κ3) is 4.22. The van der Waals surface area contributed by atoms with Crippen molar-refractivity contribution in [2.75, 3.05) is 12.3 Å². The van der Waals surface area contributed by atoms with Gasteiger partial charge in [0.1, 0.15) is 10.6 Å². The number of carbonyl (C=O) groups excluding carboxylic acids is 1. The van der Waals surface area contributed by atoms with Crippen LogP contribution in [0, 0.1) is 0 Å². The van der Waals surface area contributed by atoms with Gasteiger partial charge in [-0.05, 0) is 50.5 Å². The van der Waals surface area contributed by atoms with Crippen LogP contribution in [-0.4, -0.2) is 33.1 Å². The number of nitrogen functional groups attached to an aromatic ring is 1. The molecule has 0 atom stereocenters. The van der Waals surface area contributed by atoms with Crippen LogP contribution < -0.4 is 5.73 Å². The molecule has 3 rings (SSSR count). The van der Waals surface area contributed by atoms with Gasteiger partial charge < -0.3 is 15.4 Å². The van der Waals surface area contributed by atoms with E-state index in [0.717, 1.165) is 21.9 Å². The lowest BCUT2D eigenvalue weighted by Crippen LogP contribution is -2.40. The monoisotopic (exact) mass is 358 g/mol. The summed E-state index contributed by atoms with van der Waals surface area (Å²) in [5.41, 5.74) is 8.54. The zero-order chi connectivity index (χ0) is 18.0. The van der Waals surface area contributed by atoms with E-state index in [1.54, 1.807) is 35.3 Å². The molecule has 1 aromatic heterocycles. The van der Waals surface area contributed by atoms with Crippen molar-refractivity contribution in [3.05, 3.63) is 41.9 Å². The Labute approximate surface area is 151 Å². The topological polar surface area (TPSA) is 81.3 Å². The van der Waals surface area contributed by atoms with Gasteiger partial charge in [0.15, 0.2) is 0 Å². The molecule has 1 amide bonds. The van der Waals surface area contributed by atoms with Crippen molar-refractivity contribution in [1.82, 2.24) is 14.9 Å². The van der Waals surface area contributed by atoms with Gasteiger partial charge in [-0.25, -0.2) is 9.78 Å². The predicted molar refractivity (Wildman–Crippen MR) is 97.4 cm³/mol. The molecular formula is C18H22N4O2S. The highest BCUT2D eigenvalue weighted by Gasteiger charge is 2.28. The number of benzene rings is 1. The lowest BCUT2D eigenvalue weighted by Gasteiger charge is -2.32. The van der Waals surface area contributed by atoms with Crippen molar-refractivity contribution in [3.63, 3.8) is 0 Å². The van der Waals surface area contributed by atoms with Crippen molar-refractivity contribution in [2.45, 2.75) is 49.3 Å². The minimum Gasteiger partial charge on any atom is -0.444 e. The van der Waals surface area contributed by atoms with Crippen LogP contribution in [-0.2, 0) is 17.7 Å². The van der Waals surface area contributed by atoms with Crippen LogP contribution in [0.2, 0.25) is 0 Å². The van der Waals surface area contributed by atoms with Crippen LogP contribution in [0.3, 0.4) is 0 Å². The molecule has 2 aromatic rings. The minimum atomic E-state index is -0.507. The summed E-state index contributed by atoms with van der Waals surface area (Å²) in [6, 6.07) is 3.90. The molecular weight excluding hydrogens is 336 g/mol. The number of rotatable bonds is 2. The average molecular weight is 358 g/mol. The molecule has 0 bridgehead atoms. The van der Waals surface area contributed by atoms with E-state index in [4.69, 9.17) is 10.5 Å². The van der Waals surface area contributed by atoms with E-state index >= 15 is 0 Å². The van der Waals surface area contributed by atoms with Crippen LogP contribution in [0.25, 0.3) is 0 Å². The molecule has 1 aliphatic rings. The van der Waals surface area contributed by atoms with Gasteiger partial charge >= 0.3 is 6.09 Å². The summed E-state index contributed by atoms with van der Waals surface area (Å²) in [5, 5.41) is 0.837. The quantitative estimate of drug-likeness (QED) is 0.828. The Kier molecular flexibility index (Phi) is 4.85. The summed E-state index contributed by atoms with van der Waals surface area (Å²) in [6.45, 7) is 6.68. The van der Waals surface area contributed by atoms with E-state index in [-0.39, 0.29) is 6.09 Å². The lowest BCUT2D eigenvalue weighted by atomic mass is 9.98. The summed E-state index contributed by atoms with van der Waals surface area (Å²) in [4.78, 5) is 23.6. The second-order valence-corrected chi connectivity index (χ2v) is 7.97. The Morgan fingerprint density at radius 2 is 2.08 bits per heavy atom. The van der Waals surface area contributed by atoms with Crippen molar-refractivity contribution in [2.24, 2.45) is 0 Å². The second kappa shape index (κ2) is 6.92. The molecule has 0 aliphatic carbocycles. The molecule has 2 N–H and O–H groups in total. The Morgan fingerprint density at radius 3 is 2.76 bits per heavy atom. The molecule has 1 aliphatic heterocycles. The molecule has 0 radical (unpaired) electrons. The first kappa shape index (κ1) is 17.5. The smallest absolute Gasteiger partial charge is 0.410 e. The number of aromatic nitrogens is 2. The van der Waals surface area contributed by atoms with Crippen LogP contribution in [0.15, 0.2) is 40.6 Å². The van der Waals surface area contributed by atoms with Gasteiger partial charge in [-0.1, -0.05) is 11.8 Å². The van der Waals surface area contributed by atoms with Gasteiger partial charge in [0.25, 0.3) is 0 Å². The molecule has 0 fully saturated rings. The zero-order valence-electron chi connectivity index (χ0n) is 14.7. The normalized spacial score (nSPS) is 14.1. The highest BCUT2D eigenvalue weighted by Crippen LogP contribution is 2.36. The number of amides is 1. The van der Waals surface area contributed by atoms with Crippen LogP contribution in [0.4, 0.5) is 10.5 Å². The van der Waals surface area contributed by atoms with Crippen molar-refractivity contribution in [3.8, 4) is 0 Å². The Hall–Kier alpha value is -2.28. The molecule has 6 nitrogen and oxygen atoms in total. The maximum atomic E-state index is 12.4. The van der Waals surface area contributed by atoms with Crippen molar-refractivity contribution < 1.29 is 9.53 Å². The van der Waals surface area contributed by atoms with Gasteiger partial charge in [-0.15, -0.1) is 0 Å². The fraction of sp³-hybridized carbons (Fsp3) is 0.389. The summed E-state index contributed by atoms with van der Waals surface area (Å²) >= 11 is 1.57. The highest BCUT2D eigenvalue weighted by atomic mass is 32.2. The van der Waals surface area contributed by atoms with Gasteiger partial charge in [-0.2, -0.15) is 0 Å². The molecule has 0 spiro atoms. The number of nitrogens with two attached hydrogens (primary N) is 1. The fourth-order valence-electron chi connectivity index (χ4n) is 2.70. The van der Waals surface area contributed by atoms with E-state index in [9.17, 15) is 4.79 Å². The molecule has 0 saturated heterocycles. The molecule has 0 saturated carbocycles. The maximum Gasteiger partial charge on any atom is 0.410 e. The summed E-state index contributed by atoms with van der Waals surface area (Å²) in [7, 11) is 0. The van der Waals surface area contributed by atoms with Crippen LogP contribution >= 0.6 is 11.8 Å². The summed E-state index contributed by atoms with van der Waals surface area (Å²) in [5.74, 6) is 0. The standard InChI is InChI=1S/C18H22N4O2S/c1-18(2,3)24-17(23)22-9-6-12-13(11-22)14(19)4-5-15(12)25-16-10-20-7-8-21-16/h4-5,7-8,10H,6,9,11,19H2,1-3H3. The van der Waals surface area contributed by atoms with E-state index < -0.39 is 5.60 Å². The number of anilines is 1. The molecule has 25 heavy (non-hydrogen) atoms. The number of hydrogen-bond acceptors (Lipinski definition) is 6. The SMILES string of the molecule is CC(C)(C)OC(=O)N1CCc2c(Sc3cnccn3)ccc(N)c2C1. The maximum absolute atomic E-state index is 12.4. The Morgan fingerprint density at radius 1 is 1.28 bits per heavy atom. The largest absolute Gasteiger partial charge is 0.444 e. The number of carbonyl (C=O) groups is 1. The minimum absolute atomic E-state index is 0.301. The molecule has 2 heterocycles. The zero-order valence-corrected chi connectivity index (χ0v) is 15.5. The predicted octanol–water partition coefficient (Wildman–Crippen LogP) is 3.50. The number of nitrogens with zero attached hydrogens (tertiary/aromatic N) is 3. The van der Waals surface area contributed by atoms with Gasteiger partial charge in [0.05, 0.1) is 12.7 Å². The number of ether oxygens (including phenoxy) is 1. The van der Waals surface area contributed by atoms with Gasteiger partial charge in [0.2, 0.25) is 0 Å². The van der Waals surface area contributed by atoms with Gasteiger partial charge in [0, 0.05) is 29.5 Å². The second-order valence-electron chi connectivity index (χ2n) is 6.91. The first-order valence-electron chi connectivity index (χ1n) is 8.15. The van der Waals surface area contributed by atoms with E-state index in [1.807, 2.05) is 32.9 Å². The highest BCUT2D eigenvalue weighted by molar-refractivity contribution is 7.99. The van der Waals surface area contributed by atoms with Crippen molar-refractivity contribution in [1.29, 1.82) is 0 Å². The fourth-order valence-corrected chi connectivity index (χ4v) is 3.63. The van der Waals surface area contributed by atoms with E-state index in [2.05, 4.69) is 9.97 Å². The Balaban J connectivity index is 1.83. The molecule has 132 valence electrons. The lowest BCUT2D eigenvalue weighted by molar-refractivity contribution is 0.0224. The first-order chi connectivity index (χ1) is 11.8. The van der Waals surface area contributed by atoms with Gasteiger partial charge in [-0.3, -0.25) is 4.98 Å². The number of fused-ring (bicyclic) bond motifs is 1.